The number of aryl methyl sites for hydroxylation is 1. The molecule has 1 amide bonds. The van der Waals surface area contributed by atoms with Crippen molar-refractivity contribution < 1.29 is 9.21 Å². The predicted molar refractivity (Wildman–Crippen MR) is 122 cm³/mol. The molecule has 158 valence electrons. The molecule has 2 aromatic carbocycles. The molecule has 0 saturated carbocycles. The molecule has 0 bridgehead atoms. The Balaban J connectivity index is 1.33. The maximum absolute atomic E-state index is 13.5. The highest BCUT2D eigenvalue weighted by Crippen LogP contribution is 2.24. The van der Waals surface area contributed by atoms with Crippen molar-refractivity contribution in [3.05, 3.63) is 95.4 Å². The highest BCUT2D eigenvalue weighted by atomic mass is 16.3. The second-order valence-electron chi connectivity index (χ2n) is 8.34. The summed E-state index contributed by atoms with van der Waals surface area (Å²) in [5.41, 5.74) is 5.15. The Hall–Kier alpha value is -3.31. The fourth-order valence-corrected chi connectivity index (χ4v) is 4.41. The quantitative estimate of drug-likeness (QED) is 0.482. The molecule has 1 aliphatic heterocycles. The molecule has 4 aromatic rings. The summed E-state index contributed by atoms with van der Waals surface area (Å²) in [5, 5.41) is 0.971. The van der Waals surface area contributed by atoms with Gasteiger partial charge in [0.15, 0.2) is 0 Å². The van der Waals surface area contributed by atoms with Gasteiger partial charge in [-0.2, -0.15) is 0 Å². The van der Waals surface area contributed by atoms with Gasteiger partial charge in [-0.25, -0.2) is 0 Å². The van der Waals surface area contributed by atoms with E-state index in [2.05, 4.69) is 60.4 Å². The van der Waals surface area contributed by atoms with Gasteiger partial charge in [-0.1, -0.05) is 60.2 Å². The molecule has 31 heavy (non-hydrogen) atoms. The van der Waals surface area contributed by atoms with E-state index in [1.165, 1.54) is 11.1 Å². The number of aromatic nitrogens is 1. The average molecular weight is 414 g/mol. The van der Waals surface area contributed by atoms with Gasteiger partial charge in [0.25, 0.3) is 5.91 Å². The molecule has 0 aliphatic carbocycles. The lowest BCUT2D eigenvalue weighted by molar-refractivity contribution is 0.0618. The first kappa shape index (κ1) is 19.6. The van der Waals surface area contributed by atoms with Crippen LogP contribution in [0.1, 0.15) is 27.2 Å². The lowest BCUT2D eigenvalue weighted by Crippen LogP contribution is -2.48. The summed E-state index contributed by atoms with van der Waals surface area (Å²) in [6, 6.07) is 22.8. The molecule has 1 fully saturated rings. The fraction of sp³-hybridized carbons (Fsp3) is 0.269. The van der Waals surface area contributed by atoms with Crippen molar-refractivity contribution >= 4 is 17.0 Å². The van der Waals surface area contributed by atoms with E-state index in [0.29, 0.717) is 12.2 Å². The van der Waals surface area contributed by atoms with Gasteiger partial charge in [0.05, 0.1) is 12.8 Å². The minimum Gasteiger partial charge on any atom is -0.448 e. The minimum atomic E-state index is 0.0819. The number of rotatable bonds is 5. The summed E-state index contributed by atoms with van der Waals surface area (Å²) in [4.78, 5) is 17.8. The van der Waals surface area contributed by atoms with Gasteiger partial charge in [0.2, 0.25) is 5.71 Å². The summed E-state index contributed by atoms with van der Waals surface area (Å²) in [6.07, 6.45) is 1.69. The third kappa shape index (κ3) is 4.14. The number of furan rings is 1. The maximum Gasteiger partial charge on any atom is 0.270 e. The number of hydrogen-bond donors (Lipinski definition) is 0. The summed E-state index contributed by atoms with van der Waals surface area (Å²) in [6.45, 7) is 6.88. The summed E-state index contributed by atoms with van der Waals surface area (Å²) >= 11 is 0. The van der Waals surface area contributed by atoms with Crippen molar-refractivity contribution in [1.82, 2.24) is 14.4 Å². The van der Waals surface area contributed by atoms with Crippen LogP contribution in [0.4, 0.5) is 0 Å². The number of piperazine rings is 1. The highest BCUT2D eigenvalue weighted by Gasteiger charge is 2.26. The molecular formula is C26H27N3O2. The van der Waals surface area contributed by atoms with Gasteiger partial charge in [-0.3, -0.25) is 9.69 Å². The largest absolute Gasteiger partial charge is 0.448 e. The molecular weight excluding hydrogens is 386 g/mol. The zero-order valence-electron chi connectivity index (χ0n) is 17.8. The van der Waals surface area contributed by atoms with Gasteiger partial charge in [-0.05, 0) is 30.2 Å². The predicted octanol–water partition coefficient (Wildman–Crippen LogP) is 4.55. The topological polar surface area (TPSA) is 41.6 Å². The summed E-state index contributed by atoms with van der Waals surface area (Å²) in [7, 11) is 0. The number of carbonyl (C=O) groups is 1. The second-order valence-corrected chi connectivity index (χ2v) is 8.34. The number of hydrogen-bond acceptors (Lipinski definition) is 3. The van der Waals surface area contributed by atoms with E-state index in [1.54, 1.807) is 6.26 Å². The molecule has 0 atom stereocenters. The Morgan fingerprint density at radius 1 is 0.871 bits per heavy atom. The molecule has 5 rings (SSSR count). The van der Waals surface area contributed by atoms with E-state index < -0.39 is 0 Å². The number of nitrogens with zero attached hydrogens (tertiary/aromatic N) is 3. The van der Waals surface area contributed by atoms with E-state index in [0.717, 1.165) is 49.4 Å². The SMILES string of the molecule is Cc1cccc(Cn2c(C(=O)N3CCN(Cc4ccccc4)CC3)cc3ccoc32)c1. The van der Waals surface area contributed by atoms with Gasteiger partial charge in [0, 0.05) is 38.1 Å². The Morgan fingerprint density at radius 2 is 1.65 bits per heavy atom. The van der Waals surface area contributed by atoms with Crippen LogP contribution in [0.25, 0.3) is 11.1 Å². The lowest BCUT2D eigenvalue weighted by atomic mass is 10.1. The highest BCUT2D eigenvalue weighted by molar-refractivity contribution is 5.97. The Morgan fingerprint density at radius 3 is 2.42 bits per heavy atom. The van der Waals surface area contributed by atoms with E-state index >= 15 is 0 Å². The smallest absolute Gasteiger partial charge is 0.270 e. The number of benzene rings is 2. The lowest BCUT2D eigenvalue weighted by Gasteiger charge is -2.34. The molecule has 1 aliphatic rings. The van der Waals surface area contributed by atoms with Crippen molar-refractivity contribution in [2.45, 2.75) is 20.0 Å². The van der Waals surface area contributed by atoms with Crippen molar-refractivity contribution in [3.8, 4) is 0 Å². The van der Waals surface area contributed by atoms with Crippen LogP contribution in [-0.2, 0) is 13.1 Å². The summed E-state index contributed by atoms with van der Waals surface area (Å²) in [5.74, 6) is 0.0819. The molecule has 2 aromatic heterocycles. The first-order valence-electron chi connectivity index (χ1n) is 10.9. The van der Waals surface area contributed by atoms with Gasteiger partial charge in [0.1, 0.15) is 5.69 Å². The van der Waals surface area contributed by atoms with Gasteiger partial charge in [-0.15, -0.1) is 0 Å². The van der Waals surface area contributed by atoms with Crippen LogP contribution >= 0.6 is 0 Å². The molecule has 5 nitrogen and oxygen atoms in total. The van der Waals surface area contributed by atoms with Crippen LogP contribution in [-0.4, -0.2) is 46.5 Å². The van der Waals surface area contributed by atoms with Crippen molar-refractivity contribution in [1.29, 1.82) is 0 Å². The van der Waals surface area contributed by atoms with Crippen LogP contribution in [0.15, 0.2) is 77.4 Å². The Labute approximate surface area is 182 Å². The van der Waals surface area contributed by atoms with Crippen molar-refractivity contribution in [2.24, 2.45) is 0 Å². The molecule has 1 saturated heterocycles. The number of carbonyl (C=O) groups excluding carboxylic acids is 1. The van der Waals surface area contributed by atoms with E-state index in [4.69, 9.17) is 4.42 Å². The van der Waals surface area contributed by atoms with Crippen LogP contribution in [0.3, 0.4) is 0 Å². The normalized spacial score (nSPS) is 14.9. The zero-order chi connectivity index (χ0) is 21.2. The van der Waals surface area contributed by atoms with Crippen LogP contribution in [0.2, 0.25) is 0 Å². The number of amides is 1. The second kappa shape index (κ2) is 8.44. The third-order valence-corrected chi connectivity index (χ3v) is 6.05. The van der Waals surface area contributed by atoms with Crippen molar-refractivity contribution in [2.75, 3.05) is 26.2 Å². The molecule has 3 heterocycles. The molecule has 0 N–H and O–H groups in total. The average Bonchev–Trinajstić information content (AvgIpc) is 3.37. The first-order valence-corrected chi connectivity index (χ1v) is 10.9. The van der Waals surface area contributed by atoms with Crippen LogP contribution in [0.5, 0.6) is 0 Å². The fourth-order valence-electron chi connectivity index (χ4n) is 4.41. The molecule has 0 spiro atoms. The van der Waals surface area contributed by atoms with Gasteiger partial charge < -0.3 is 13.9 Å². The zero-order valence-corrected chi connectivity index (χ0v) is 17.8. The maximum atomic E-state index is 13.5. The first-order chi connectivity index (χ1) is 15.2. The van der Waals surface area contributed by atoms with Gasteiger partial charge >= 0.3 is 0 Å². The standard InChI is InChI=1S/C26H27N3O2/c1-20-6-5-9-22(16-20)19-29-24(17-23-10-15-31-26(23)29)25(30)28-13-11-27(12-14-28)18-21-7-3-2-4-8-21/h2-10,15-17H,11-14,18-19H2,1H3. The summed E-state index contributed by atoms with van der Waals surface area (Å²) < 4.78 is 7.75. The third-order valence-electron chi connectivity index (χ3n) is 6.05. The minimum absolute atomic E-state index is 0.0819. The molecule has 5 heteroatoms. The van der Waals surface area contributed by atoms with E-state index in [9.17, 15) is 4.79 Å². The Bertz CT molecular complexity index is 1180. The Kier molecular flexibility index (Phi) is 5.35. The van der Waals surface area contributed by atoms with E-state index in [1.807, 2.05) is 27.7 Å². The van der Waals surface area contributed by atoms with Crippen LogP contribution in [0, 0.1) is 6.92 Å². The molecule has 0 radical (unpaired) electrons. The van der Waals surface area contributed by atoms with Crippen LogP contribution < -0.4 is 0 Å². The number of fused-ring (bicyclic) bond motifs is 1. The molecule has 0 unspecified atom stereocenters. The monoisotopic (exact) mass is 413 g/mol. The van der Waals surface area contributed by atoms with Crippen molar-refractivity contribution in [3.63, 3.8) is 0 Å². The van der Waals surface area contributed by atoms with E-state index in [-0.39, 0.29) is 5.91 Å².